The number of aliphatic hydroxyl groups is 1. The Bertz CT molecular complexity index is 882. The van der Waals surface area contributed by atoms with E-state index in [0.717, 1.165) is 31.7 Å². The average Bonchev–Trinajstić information content (AvgIpc) is 2.79. The Kier molecular flexibility index (Phi) is 8.54. The lowest BCUT2D eigenvalue weighted by atomic mass is 10.2. The number of esters is 1. The van der Waals surface area contributed by atoms with Gasteiger partial charge in [0.05, 0.1) is 12.7 Å². The van der Waals surface area contributed by atoms with Gasteiger partial charge in [-0.25, -0.2) is 4.79 Å². The van der Waals surface area contributed by atoms with Gasteiger partial charge in [-0.05, 0) is 42.0 Å². The van der Waals surface area contributed by atoms with Gasteiger partial charge in [-0.3, -0.25) is 9.80 Å². The summed E-state index contributed by atoms with van der Waals surface area (Å²) in [5.74, 6) is -0.0990. The molecule has 2 aromatic rings. The smallest absolute Gasteiger partial charge is 0.491 e. The number of nitrogens with zero attached hydrogens (tertiary/aromatic N) is 2. The molecular weight excluding hydrogens is 441 g/mol. The minimum absolute atomic E-state index is 0.129. The van der Waals surface area contributed by atoms with E-state index in [1.165, 1.54) is 19.2 Å². The van der Waals surface area contributed by atoms with Crippen LogP contribution in [0.2, 0.25) is 0 Å². The Morgan fingerprint density at radius 2 is 1.55 bits per heavy atom. The van der Waals surface area contributed by atoms with Crippen LogP contribution in [0.1, 0.15) is 15.9 Å². The first-order valence-electron chi connectivity index (χ1n) is 10.5. The van der Waals surface area contributed by atoms with Crippen LogP contribution in [-0.4, -0.2) is 79.8 Å². The highest BCUT2D eigenvalue weighted by Gasteiger charge is 2.31. The normalized spacial score (nSPS) is 16.3. The molecule has 3 rings (SSSR count). The fraction of sp³-hybridized carbons (Fsp3) is 0.435. The van der Waals surface area contributed by atoms with Crippen molar-refractivity contribution in [3.63, 3.8) is 0 Å². The van der Waals surface area contributed by atoms with Crippen molar-refractivity contribution in [2.75, 3.05) is 46.4 Å². The molecule has 1 unspecified atom stereocenters. The fourth-order valence-corrected chi connectivity index (χ4v) is 3.53. The van der Waals surface area contributed by atoms with Crippen molar-refractivity contribution in [3.8, 4) is 11.5 Å². The summed E-state index contributed by atoms with van der Waals surface area (Å²) < 4.78 is 50.9. The Hall–Kier alpha value is -2.82. The fourth-order valence-electron chi connectivity index (χ4n) is 3.53. The second-order valence-corrected chi connectivity index (χ2v) is 7.75. The summed E-state index contributed by atoms with van der Waals surface area (Å²) in [5.41, 5.74) is 1.33. The maximum absolute atomic E-state index is 12.3. The summed E-state index contributed by atoms with van der Waals surface area (Å²) in [4.78, 5) is 15.8. The van der Waals surface area contributed by atoms with Gasteiger partial charge in [-0.1, -0.05) is 12.1 Å². The second-order valence-electron chi connectivity index (χ2n) is 7.75. The number of benzene rings is 2. The van der Waals surface area contributed by atoms with Crippen molar-refractivity contribution in [1.82, 2.24) is 9.80 Å². The Balaban J connectivity index is 1.36. The number of aliphatic hydroxyl groups excluding tert-OH is 1. The van der Waals surface area contributed by atoms with Crippen LogP contribution < -0.4 is 9.47 Å². The van der Waals surface area contributed by atoms with Gasteiger partial charge in [-0.2, -0.15) is 0 Å². The van der Waals surface area contributed by atoms with Gasteiger partial charge in [0.25, 0.3) is 0 Å². The summed E-state index contributed by atoms with van der Waals surface area (Å²) in [6.07, 6.45) is -5.36. The first kappa shape index (κ1) is 24.8. The molecule has 7 nitrogen and oxygen atoms in total. The zero-order chi connectivity index (χ0) is 23.8. The maximum Gasteiger partial charge on any atom is 0.573 e. The van der Waals surface area contributed by atoms with Crippen molar-refractivity contribution in [2.45, 2.75) is 19.0 Å². The zero-order valence-corrected chi connectivity index (χ0v) is 18.3. The molecule has 1 heterocycles. The molecule has 0 saturated carbocycles. The lowest BCUT2D eigenvalue weighted by Crippen LogP contribution is -2.48. The summed E-state index contributed by atoms with van der Waals surface area (Å²) in [6.45, 7) is 4.32. The first-order valence-corrected chi connectivity index (χ1v) is 10.5. The van der Waals surface area contributed by atoms with E-state index in [1.807, 2.05) is 0 Å². The number of rotatable bonds is 9. The number of halogens is 3. The molecular formula is C23H27F3N2O5. The molecule has 10 heteroatoms. The van der Waals surface area contributed by atoms with Crippen molar-refractivity contribution in [2.24, 2.45) is 0 Å². The molecule has 33 heavy (non-hydrogen) atoms. The number of methoxy groups -OCH3 is 1. The zero-order valence-electron chi connectivity index (χ0n) is 18.3. The highest BCUT2D eigenvalue weighted by atomic mass is 19.4. The van der Waals surface area contributed by atoms with Gasteiger partial charge in [0.15, 0.2) is 0 Å². The van der Waals surface area contributed by atoms with E-state index in [1.54, 1.807) is 36.4 Å². The number of alkyl halides is 3. The monoisotopic (exact) mass is 468 g/mol. The molecule has 2 aromatic carbocycles. The molecule has 0 bridgehead atoms. The molecule has 1 N–H and O–H groups in total. The van der Waals surface area contributed by atoms with Crippen LogP contribution in [0.5, 0.6) is 11.5 Å². The number of hydrogen-bond donors (Lipinski definition) is 1. The van der Waals surface area contributed by atoms with E-state index < -0.39 is 18.4 Å². The van der Waals surface area contributed by atoms with Gasteiger partial charge < -0.3 is 19.3 Å². The SMILES string of the molecule is COC(=O)c1ccc(OCC(O)CN2CCN(Cc3ccc(OC(F)(F)F)cc3)CC2)cc1. The van der Waals surface area contributed by atoms with Gasteiger partial charge in [-0.15, -0.1) is 13.2 Å². The Morgan fingerprint density at radius 1 is 0.970 bits per heavy atom. The highest BCUT2D eigenvalue weighted by Crippen LogP contribution is 2.23. The number of hydrogen-bond acceptors (Lipinski definition) is 7. The third kappa shape index (κ3) is 8.23. The Labute approximate surface area is 190 Å². The van der Waals surface area contributed by atoms with Crippen LogP contribution >= 0.6 is 0 Å². The van der Waals surface area contributed by atoms with Crippen LogP contribution in [0.4, 0.5) is 13.2 Å². The van der Waals surface area contributed by atoms with E-state index >= 15 is 0 Å². The molecule has 0 amide bonds. The minimum Gasteiger partial charge on any atom is -0.491 e. The number of carbonyl (C=O) groups excluding carboxylic acids is 1. The quantitative estimate of drug-likeness (QED) is 0.568. The average molecular weight is 468 g/mol. The second kappa shape index (κ2) is 11.4. The summed E-state index contributed by atoms with van der Waals surface area (Å²) in [6, 6.07) is 12.4. The molecule has 0 radical (unpaired) electrons. The topological polar surface area (TPSA) is 71.5 Å². The molecule has 1 saturated heterocycles. The van der Waals surface area contributed by atoms with Crippen molar-refractivity contribution >= 4 is 5.97 Å². The predicted molar refractivity (Wildman–Crippen MR) is 114 cm³/mol. The summed E-state index contributed by atoms with van der Waals surface area (Å²) >= 11 is 0. The lowest BCUT2D eigenvalue weighted by molar-refractivity contribution is -0.274. The van der Waals surface area contributed by atoms with E-state index in [0.29, 0.717) is 24.4 Å². The standard InChI is InChI=1S/C23H27F3N2O5/c1-31-22(30)18-4-8-20(9-5-18)32-16-19(29)15-28-12-10-27(11-13-28)14-17-2-6-21(7-3-17)33-23(24,25)26/h2-9,19,29H,10-16H2,1H3. The van der Waals surface area contributed by atoms with Crippen LogP contribution in [0.25, 0.3) is 0 Å². The number of ether oxygens (including phenoxy) is 3. The summed E-state index contributed by atoms with van der Waals surface area (Å²) in [7, 11) is 1.32. The van der Waals surface area contributed by atoms with Crippen LogP contribution in [-0.2, 0) is 11.3 Å². The number of carbonyl (C=O) groups is 1. The van der Waals surface area contributed by atoms with E-state index in [-0.39, 0.29) is 12.4 Å². The van der Waals surface area contributed by atoms with Gasteiger partial charge in [0.1, 0.15) is 24.2 Å². The molecule has 1 atom stereocenters. The van der Waals surface area contributed by atoms with Crippen LogP contribution in [0, 0.1) is 0 Å². The molecule has 1 aliphatic heterocycles. The van der Waals surface area contributed by atoms with Crippen LogP contribution in [0.15, 0.2) is 48.5 Å². The maximum atomic E-state index is 12.3. The molecule has 0 spiro atoms. The van der Waals surface area contributed by atoms with Gasteiger partial charge >= 0.3 is 12.3 Å². The highest BCUT2D eigenvalue weighted by molar-refractivity contribution is 5.89. The summed E-state index contributed by atoms with van der Waals surface area (Å²) in [5, 5.41) is 10.3. The van der Waals surface area contributed by atoms with Gasteiger partial charge in [0.2, 0.25) is 0 Å². The molecule has 1 aliphatic rings. The number of piperazine rings is 1. The predicted octanol–water partition coefficient (Wildman–Crippen LogP) is 2.93. The van der Waals surface area contributed by atoms with Crippen LogP contribution in [0.3, 0.4) is 0 Å². The first-order chi connectivity index (χ1) is 15.7. The van der Waals surface area contributed by atoms with Crippen molar-refractivity contribution < 1.29 is 37.3 Å². The molecule has 180 valence electrons. The molecule has 0 aliphatic carbocycles. The van der Waals surface area contributed by atoms with Crippen molar-refractivity contribution in [1.29, 1.82) is 0 Å². The largest absolute Gasteiger partial charge is 0.573 e. The third-order valence-electron chi connectivity index (χ3n) is 5.21. The van der Waals surface area contributed by atoms with E-state index in [2.05, 4.69) is 19.3 Å². The molecule has 1 fully saturated rings. The number of β-amino-alcohol motifs (C(OH)–C–C–N with tert-alkyl or cyclic N) is 1. The molecule has 0 aromatic heterocycles. The van der Waals surface area contributed by atoms with E-state index in [9.17, 15) is 23.1 Å². The lowest BCUT2D eigenvalue weighted by Gasteiger charge is -2.35. The van der Waals surface area contributed by atoms with Gasteiger partial charge in [0, 0.05) is 39.3 Å². The minimum atomic E-state index is -4.69. The third-order valence-corrected chi connectivity index (χ3v) is 5.21. The van der Waals surface area contributed by atoms with E-state index in [4.69, 9.17) is 4.74 Å². The van der Waals surface area contributed by atoms with Crippen molar-refractivity contribution in [3.05, 3.63) is 59.7 Å². The Morgan fingerprint density at radius 3 is 2.12 bits per heavy atom.